The Morgan fingerprint density at radius 2 is 1.85 bits per heavy atom. The molecule has 2 atom stereocenters. The molecule has 2 aliphatic rings. The second kappa shape index (κ2) is 9.63. The number of anilines is 1. The molecule has 1 saturated heterocycles. The van der Waals surface area contributed by atoms with Crippen molar-refractivity contribution < 1.29 is 13.9 Å². The number of nitrogens with zero attached hydrogens (tertiary/aromatic N) is 2. The number of rotatable bonds is 5. The first-order valence-corrected chi connectivity index (χ1v) is 12.3. The van der Waals surface area contributed by atoms with Gasteiger partial charge in [0.15, 0.2) is 0 Å². The molecule has 0 saturated carbocycles. The highest BCUT2D eigenvalue weighted by Crippen LogP contribution is 2.33. The first-order valence-electron chi connectivity index (χ1n) is 12.3. The first-order chi connectivity index (χ1) is 16.5. The van der Waals surface area contributed by atoms with Crippen molar-refractivity contribution in [1.82, 2.24) is 4.90 Å². The number of carbonyl (C=O) groups excluding carboxylic acids is 1. The van der Waals surface area contributed by atoms with Crippen molar-refractivity contribution in [3.05, 3.63) is 70.1 Å². The number of carbonyl (C=O) groups is 1. The summed E-state index contributed by atoms with van der Waals surface area (Å²) in [5.41, 5.74) is 2.47. The van der Waals surface area contributed by atoms with Crippen molar-refractivity contribution in [3.8, 4) is 5.75 Å². The van der Waals surface area contributed by atoms with Gasteiger partial charge in [-0.1, -0.05) is 44.2 Å². The highest BCUT2D eigenvalue weighted by molar-refractivity contribution is 5.98. The van der Waals surface area contributed by atoms with Gasteiger partial charge in [0, 0.05) is 25.0 Å². The average molecular weight is 461 g/mol. The number of hydrogen-bond acceptors (Lipinski definition) is 5. The Balaban J connectivity index is 1.41. The molecule has 2 aromatic carbocycles. The van der Waals surface area contributed by atoms with E-state index in [-0.39, 0.29) is 5.91 Å². The molecule has 3 heterocycles. The van der Waals surface area contributed by atoms with Crippen LogP contribution in [0.5, 0.6) is 5.75 Å². The Labute approximate surface area is 200 Å². The summed E-state index contributed by atoms with van der Waals surface area (Å²) in [4.78, 5) is 30.2. The third-order valence-corrected chi connectivity index (χ3v) is 6.89. The molecule has 0 radical (unpaired) electrons. The van der Waals surface area contributed by atoms with E-state index < -0.39 is 5.63 Å². The van der Waals surface area contributed by atoms with Crippen LogP contribution in [-0.4, -0.2) is 37.0 Å². The summed E-state index contributed by atoms with van der Waals surface area (Å²) >= 11 is 0. The van der Waals surface area contributed by atoms with Gasteiger partial charge in [0.1, 0.15) is 23.6 Å². The van der Waals surface area contributed by atoms with Crippen LogP contribution in [0.4, 0.5) is 5.69 Å². The van der Waals surface area contributed by atoms with Crippen LogP contribution >= 0.6 is 0 Å². The van der Waals surface area contributed by atoms with Crippen molar-refractivity contribution in [2.24, 2.45) is 11.8 Å². The number of hydrogen-bond donors (Lipinski definition) is 0. The van der Waals surface area contributed by atoms with E-state index >= 15 is 0 Å². The maximum Gasteiger partial charge on any atom is 0.360 e. The van der Waals surface area contributed by atoms with Gasteiger partial charge in [-0.05, 0) is 60.4 Å². The normalized spacial score (nSPS) is 20.8. The van der Waals surface area contributed by atoms with Crippen molar-refractivity contribution in [3.63, 3.8) is 0 Å². The lowest BCUT2D eigenvalue weighted by Crippen LogP contribution is -2.48. The maximum atomic E-state index is 13.3. The molecule has 3 aromatic rings. The van der Waals surface area contributed by atoms with E-state index in [1.165, 1.54) is 6.42 Å². The Bertz CT molecular complexity index is 1230. The molecule has 0 spiro atoms. The second-order valence-electron chi connectivity index (χ2n) is 9.94. The quantitative estimate of drug-likeness (QED) is 0.520. The van der Waals surface area contributed by atoms with Gasteiger partial charge in [-0.15, -0.1) is 0 Å². The van der Waals surface area contributed by atoms with Crippen LogP contribution in [0.25, 0.3) is 11.0 Å². The van der Waals surface area contributed by atoms with E-state index in [0.717, 1.165) is 42.4 Å². The second-order valence-corrected chi connectivity index (χ2v) is 9.94. The maximum absolute atomic E-state index is 13.3. The minimum absolute atomic E-state index is 0.0228. The van der Waals surface area contributed by atoms with Gasteiger partial charge in [-0.2, -0.15) is 0 Å². The number of benzene rings is 2. The number of piperidine rings is 1. The van der Waals surface area contributed by atoms with E-state index in [1.54, 1.807) is 11.0 Å². The molecule has 1 fully saturated rings. The van der Waals surface area contributed by atoms with Crippen molar-refractivity contribution in [2.75, 3.05) is 31.1 Å². The largest absolute Gasteiger partial charge is 0.489 e. The standard InChI is InChI=1S/C28H32N2O4/c1-19-13-20(2)16-29(15-19)17-26(31)30-12-6-9-23-24-14-22(33-18-21-7-4-3-5-8-21)10-11-25(24)34-28(32)27(23)30/h3-5,7-8,10-11,14,19-20H,6,9,12-13,15-18H2,1-2H3/t19-,20+. The number of amides is 1. The smallest absolute Gasteiger partial charge is 0.360 e. The molecular formula is C28H32N2O4. The third-order valence-electron chi connectivity index (χ3n) is 6.89. The Morgan fingerprint density at radius 1 is 1.09 bits per heavy atom. The molecule has 0 aliphatic carbocycles. The highest BCUT2D eigenvalue weighted by atomic mass is 16.5. The minimum Gasteiger partial charge on any atom is -0.489 e. The Kier molecular flexibility index (Phi) is 6.42. The van der Waals surface area contributed by atoms with Gasteiger partial charge in [0.05, 0.1) is 6.54 Å². The zero-order valence-corrected chi connectivity index (χ0v) is 20.0. The van der Waals surface area contributed by atoms with E-state index in [0.29, 0.717) is 48.6 Å². The number of fused-ring (bicyclic) bond motifs is 3. The lowest BCUT2D eigenvalue weighted by atomic mass is 9.92. The van der Waals surface area contributed by atoms with Crippen LogP contribution in [-0.2, 0) is 17.8 Å². The van der Waals surface area contributed by atoms with Crippen LogP contribution in [0.3, 0.4) is 0 Å². The van der Waals surface area contributed by atoms with Crippen molar-refractivity contribution in [2.45, 2.75) is 39.7 Å². The van der Waals surface area contributed by atoms with Gasteiger partial charge >= 0.3 is 5.63 Å². The van der Waals surface area contributed by atoms with E-state index in [2.05, 4.69) is 18.7 Å². The zero-order valence-electron chi connectivity index (χ0n) is 20.0. The van der Waals surface area contributed by atoms with Crippen LogP contribution in [0, 0.1) is 11.8 Å². The predicted octanol–water partition coefficient (Wildman–Crippen LogP) is 4.63. The molecular weight excluding hydrogens is 428 g/mol. The first kappa shape index (κ1) is 22.7. The minimum atomic E-state index is -0.436. The molecule has 6 heteroatoms. The summed E-state index contributed by atoms with van der Waals surface area (Å²) in [6, 6.07) is 15.5. The summed E-state index contributed by atoms with van der Waals surface area (Å²) in [6.07, 6.45) is 2.75. The molecule has 1 aromatic heterocycles. The fourth-order valence-electron chi connectivity index (χ4n) is 5.56. The van der Waals surface area contributed by atoms with Gasteiger partial charge in [0.25, 0.3) is 0 Å². The number of aryl methyl sites for hydroxylation is 1. The van der Waals surface area contributed by atoms with E-state index in [9.17, 15) is 9.59 Å². The molecule has 1 amide bonds. The molecule has 0 unspecified atom stereocenters. The molecule has 6 nitrogen and oxygen atoms in total. The summed E-state index contributed by atoms with van der Waals surface area (Å²) in [5.74, 6) is 1.85. The van der Waals surface area contributed by atoms with Crippen molar-refractivity contribution >= 4 is 22.6 Å². The van der Waals surface area contributed by atoms with Crippen molar-refractivity contribution in [1.29, 1.82) is 0 Å². The molecule has 0 N–H and O–H groups in total. The predicted molar refractivity (Wildman–Crippen MR) is 133 cm³/mol. The average Bonchev–Trinajstić information content (AvgIpc) is 2.82. The lowest BCUT2D eigenvalue weighted by Gasteiger charge is -2.36. The van der Waals surface area contributed by atoms with Gasteiger partial charge < -0.3 is 14.1 Å². The topological polar surface area (TPSA) is 63.0 Å². The Morgan fingerprint density at radius 3 is 2.62 bits per heavy atom. The SMILES string of the molecule is C[C@@H]1C[C@H](C)CN(CC(=O)N2CCCc3c2c(=O)oc2ccc(OCc4ccccc4)cc32)C1. The number of likely N-dealkylation sites (tertiary alicyclic amines) is 1. The summed E-state index contributed by atoms with van der Waals surface area (Å²) < 4.78 is 11.7. The lowest BCUT2D eigenvalue weighted by molar-refractivity contribution is -0.120. The fraction of sp³-hybridized carbons (Fsp3) is 0.429. The van der Waals surface area contributed by atoms with Gasteiger partial charge in [-0.3, -0.25) is 9.69 Å². The fourth-order valence-corrected chi connectivity index (χ4v) is 5.56. The third kappa shape index (κ3) is 4.73. The van der Waals surface area contributed by atoms with Crippen LogP contribution in [0.2, 0.25) is 0 Å². The van der Waals surface area contributed by atoms with E-state index in [4.69, 9.17) is 9.15 Å². The highest BCUT2D eigenvalue weighted by Gasteiger charge is 2.31. The summed E-state index contributed by atoms with van der Waals surface area (Å²) in [6.45, 7) is 7.67. The monoisotopic (exact) mass is 460 g/mol. The van der Waals surface area contributed by atoms with Crippen LogP contribution in [0.1, 0.15) is 37.8 Å². The van der Waals surface area contributed by atoms with E-state index in [1.807, 2.05) is 42.5 Å². The molecule has 178 valence electrons. The van der Waals surface area contributed by atoms with Crippen LogP contribution < -0.4 is 15.3 Å². The molecule has 5 rings (SSSR count). The summed E-state index contributed by atoms with van der Waals surface area (Å²) in [5, 5.41) is 0.845. The zero-order chi connectivity index (χ0) is 23.7. The molecule has 2 aliphatic heterocycles. The molecule has 34 heavy (non-hydrogen) atoms. The van der Waals surface area contributed by atoms with Gasteiger partial charge in [0.2, 0.25) is 5.91 Å². The summed E-state index contributed by atoms with van der Waals surface area (Å²) in [7, 11) is 0. The molecule has 0 bridgehead atoms. The van der Waals surface area contributed by atoms with Crippen LogP contribution in [0.15, 0.2) is 57.7 Å². The van der Waals surface area contributed by atoms with Gasteiger partial charge in [-0.25, -0.2) is 4.79 Å². The number of ether oxygens (including phenoxy) is 1. The Hall–Kier alpha value is -3.12.